The van der Waals surface area contributed by atoms with Gasteiger partial charge in [0.2, 0.25) is 11.0 Å². The number of hydrogen-bond acceptors (Lipinski definition) is 5. The SMILES string of the molecule is CC(C)CCCNc1ncnc(Cl)c1[N+](=O)[O-]. The first-order chi connectivity index (χ1) is 8.02. The molecule has 0 aliphatic heterocycles. The maximum atomic E-state index is 10.8. The Morgan fingerprint density at radius 3 is 2.82 bits per heavy atom. The van der Waals surface area contributed by atoms with Crippen molar-refractivity contribution in [1.82, 2.24) is 9.97 Å². The first-order valence-electron chi connectivity index (χ1n) is 5.41. The average molecular weight is 259 g/mol. The molecule has 1 N–H and O–H groups in total. The summed E-state index contributed by atoms with van der Waals surface area (Å²) in [7, 11) is 0. The monoisotopic (exact) mass is 258 g/mol. The highest BCUT2D eigenvalue weighted by molar-refractivity contribution is 6.31. The molecule has 0 bridgehead atoms. The third-order valence-corrected chi connectivity index (χ3v) is 2.49. The van der Waals surface area contributed by atoms with E-state index in [0.29, 0.717) is 12.5 Å². The second-order valence-corrected chi connectivity index (χ2v) is 4.44. The van der Waals surface area contributed by atoms with Crippen LogP contribution >= 0.6 is 11.6 Å². The predicted octanol–water partition coefficient (Wildman–Crippen LogP) is 2.89. The Balaban J connectivity index is 2.64. The van der Waals surface area contributed by atoms with E-state index < -0.39 is 4.92 Å². The number of nitro groups is 1. The molecule has 17 heavy (non-hydrogen) atoms. The highest BCUT2D eigenvalue weighted by Crippen LogP contribution is 2.28. The lowest BCUT2D eigenvalue weighted by molar-refractivity contribution is -0.384. The van der Waals surface area contributed by atoms with Crippen LogP contribution in [0.2, 0.25) is 5.15 Å². The molecule has 0 spiro atoms. The first kappa shape index (κ1) is 13.6. The molecule has 1 rings (SSSR count). The van der Waals surface area contributed by atoms with Crippen molar-refractivity contribution in [3.8, 4) is 0 Å². The maximum absolute atomic E-state index is 10.8. The summed E-state index contributed by atoms with van der Waals surface area (Å²) in [5, 5.41) is 13.6. The maximum Gasteiger partial charge on any atom is 0.348 e. The molecule has 1 aromatic rings. The Hall–Kier alpha value is -1.43. The number of halogens is 1. The highest BCUT2D eigenvalue weighted by Gasteiger charge is 2.20. The van der Waals surface area contributed by atoms with Gasteiger partial charge in [-0.2, -0.15) is 0 Å². The largest absolute Gasteiger partial charge is 0.364 e. The van der Waals surface area contributed by atoms with Gasteiger partial charge in [0.25, 0.3) is 0 Å². The number of aromatic nitrogens is 2. The van der Waals surface area contributed by atoms with Crippen molar-refractivity contribution in [2.24, 2.45) is 5.92 Å². The number of rotatable bonds is 6. The van der Waals surface area contributed by atoms with Gasteiger partial charge in [-0.05, 0) is 18.8 Å². The molecule has 0 saturated heterocycles. The molecular weight excluding hydrogens is 244 g/mol. The molecule has 0 atom stereocenters. The summed E-state index contributed by atoms with van der Waals surface area (Å²) in [5.41, 5.74) is -0.265. The minimum atomic E-state index is -0.576. The van der Waals surface area contributed by atoms with E-state index in [4.69, 9.17) is 11.6 Å². The summed E-state index contributed by atoms with van der Waals surface area (Å²) in [6, 6.07) is 0. The van der Waals surface area contributed by atoms with Crippen molar-refractivity contribution in [2.45, 2.75) is 26.7 Å². The van der Waals surface area contributed by atoms with Gasteiger partial charge in [0.15, 0.2) is 0 Å². The lowest BCUT2D eigenvalue weighted by atomic mass is 10.1. The number of nitrogens with zero attached hydrogens (tertiary/aromatic N) is 3. The molecule has 94 valence electrons. The van der Waals surface area contributed by atoms with Crippen molar-refractivity contribution >= 4 is 23.1 Å². The van der Waals surface area contributed by atoms with Crippen molar-refractivity contribution in [1.29, 1.82) is 0 Å². The molecular formula is C10H15ClN4O2. The molecule has 1 aromatic heterocycles. The normalized spacial score (nSPS) is 10.6. The zero-order valence-electron chi connectivity index (χ0n) is 9.81. The van der Waals surface area contributed by atoms with Gasteiger partial charge in [0.1, 0.15) is 6.33 Å². The van der Waals surface area contributed by atoms with E-state index in [1.54, 1.807) is 0 Å². The molecule has 6 nitrogen and oxygen atoms in total. The van der Waals surface area contributed by atoms with Crippen LogP contribution in [0.1, 0.15) is 26.7 Å². The molecule has 0 fully saturated rings. The van der Waals surface area contributed by atoms with Gasteiger partial charge in [-0.1, -0.05) is 25.4 Å². The standard InChI is InChI=1S/C10H15ClN4O2/c1-7(2)4-3-5-12-10-8(15(16)17)9(11)13-6-14-10/h6-7H,3-5H2,1-2H3,(H,12,13,14). The van der Waals surface area contributed by atoms with E-state index in [2.05, 4.69) is 29.1 Å². The third kappa shape index (κ3) is 4.14. The van der Waals surface area contributed by atoms with E-state index in [0.717, 1.165) is 12.8 Å². The number of anilines is 1. The van der Waals surface area contributed by atoms with E-state index in [1.165, 1.54) is 6.33 Å². The van der Waals surface area contributed by atoms with E-state index in [-0.39, 0.29) is 16.7 Å². The van der Waals surface area contributed by atoms with Gasteiger partial charge in [0, 0.05) is 6.54 Å². The van der Waals surface area contributed by atoms with Crippen LogP contribution in [0.3, 0.4) is 0 Å². The van der Waals surface area contributed by atoms with Crippen molar-refractivity contribution < 1.29 is 4.92 Å². The van der Waals surface area contributed by atoms with Crippen LogP contribution in [0.5, 0.6) is 0 Å². The minimum absolute atomic E-state index is 0.142. The average Bonchev–Trinajstić information content (AvgIpc) is 2.23. The second-order valence-electron chi connectivity index (χ2n) is 4.08. The topological polar surface area (TPSA) is 81.0 Å². The fourth-order valence-electron chi connectivity index (χ4n) is 1.37. The van der Waals surface area contributed by atoms with E-state index >= 15 is 0 Å². The van der Waals surface area contributed by atoms with Crippen LogP contribution in [0, 0.1) is 16.0 Å². The second kappa shape index (κ2) is 6.34. The molecule has 0 unspecified atom stereocenters. The Labute approximate surface area is 105 Å². The van der Waals surface area contributed by atoms with Crippen molar-refractivity contribution in [3.63, 3.8) is 0 Å². The Morgan fingerprint density at radius 1 is 1.53 bits per heavy atom. The van der Waals surface area contributed by atoms with E-state index in [9.17, 15) is 10.1 Å². The Morgan fingerprint density at radius 2 is 2.24 bits per heavy atom. The molecule has 7 heteroatoms. The minimum Gasteiger partial charge on any atom is -0.364 e. The molecule has 0 amide bonds. The third-order valence-electron chi connectivity index (χ3n) is 2.21. The van der Waals surface area contributed by atoms with Gasteiger partial charge in [0.05, 0.1) is 4.92 Å². The Bertz CT molecular complexity index is 398. The molecule has 0 aliphatic carbocycles. The molecule has 0 radical (unpaired) electrons. The summed E-state index contributed by atoms with van der Waals surface area (Å²) in [5.74, 6) is 0.791. The molecule has 0 aromatic carbocycles. The van der Waals surface area contributed by atoms with Crippen LogP contribution in [0.25, 0.3) is 0 Å². The zero-order valence-corrected chi connectivity index (χ0v) is 10.6. The first-order valence-corrected chi connectivity index (χ1v) is 5.79. The summed E-state index contributed by atoms with van der Waals surface area (Å²) < 4.78 is 0. The zero-order chi connectivity index (χ0) is 12.8. The molecule has 1 heterocycles. The van der Waals surface area contributed by atoms with Crippen LogP contribution in [-0.4, -0.2) is 21.4 Å². The van der Waals surface area contributed by atoms with E-state index in [1.807, 2.05) is 0 Å². The number of hydrogen-bond donors (Lipinski definition) is 1. The highest BCUT2D eigenvalue weighted by atomic mass is 35.5. The van der Waals surface area contributed by atoms with Crippen LogP contribution in [0.15, 0.2) is 6.33 Å². The summed E-state index contributed by atoms with van der Waals surface area (Å²) >= 11 is 5.65. The summed E-state index contributed by atoms with van der Waals surface area (Å²) in [4.78, 5) is 17.6. The van der Waals surface area contributed by atoms with Crippen molar-refractivity contribution in [2.75, 3.05) is 11.9 Å². The molecule has 0 aliphatic rings. The quantitative estimate of drug-likeness (QED) is 0.367. The fourth-order valence-corrected chi connectivity index (χ4v) is 1.57. The van der Waals surface area contributed by atoms with Crippen LogP contribution in [0.4, 0.5) is 11.5 Å². The van der Waals surface area contributed by atoms with Crippen molar-refractivity contribution in [3.05, 3.63) is 21.6 Å². The molecule has 0 saturated carbocycles. The fraction of sp³-hybridized carbons (Fsp3) is 0.600. The van der Waals surface area contributed by atoms with Gasteiger partial charge in [-0.3, -0.25) is 10.1 Å². The van der Waals surface area contributed by atoms with Crippen LogP contribution in [-0.2, 0) is 0 Å². The lowest BCUT2D eigenvalue weighted by Gasteiger charge is -2.07. The lowest BCUT2D eigenvalue weighted by Crippen LogP contribution is -2.08. The van der Waals surface area contributed by atoms with Gasteiger partial charge in [-0.25, -0.2) is 9.97 Å². The summed E-state index contributed by atoms with van der Waals surface area (Å²) in [6.07, 6.45) is 3.19. The van der Waals surface area contributed by atoms with Gasteiger partial charge in [-0.15, -0.1) is 0 Å². The smallest absolute Gasteiger partial charge is 0.348 e. The summed E-state index contributed by atoms with van der Waals surface area (Å²) in [6.45, 7) is 4.89. The number of nitrogens with one attached hydrogen (secondary N) is 1. The predicted molar refractivity (Wildman–Crippen MR) is 66.3 cm³/mol. The van der Waals surface area contributed by atoms with Crippen LogP contribution < -0.4 is 5.32 Å². The van der Waals surface area contributed by atoms with Gasteiger partial charge < -0.3 is 5.32 Å². The van der Waals surface area contributed by atoms with Gasteiger partial charge >= 0.3 is 5.69 Å². The Kier molecular flexibility index (Phi) is 5.09.